The predicted molar refractivity (Wildman–Crippen MR) is 259 cm³/mol. The van der Waals surface area contributed by atoms with E-state index in [1.807, 2.05) is 91.8 Å². The number of carboxylic acids is 1. The second kappa shape index (κ2) is 21.4. The number of nitrogens with one attached hydrogen (secondary N) is 1. The van der Waals surface area contributed by atoms with Gasteiger partial charge in [-0.05, 0) is 112 Å². The largest absolute Gasteiger partial charge is 0.481 e. The van der Waals surface area contributed by atoms with E-state index >= 15 is 0 Å². The molecule has 2 N–H and O–H groups in total. The first-order valence-corrected chi connectivity index (χ1v) is 22.7. The molecule has 68 heavy (non-hydrogen) atoms. The van der Waals surface area contributed by atoms with Crippen molar-refractivity contribution >= 4 is 56.8 Å². The summed E-state index contributed by atoms with van der Waals surface area (Å²) in [6, 6.07) is 42.6. The monoisotopic (exact) mass is 930 g/mol. The molecule has 0 fully saturated rings. The highest BCUT2D eigenvalue weighted by atomic mass is 35.5. The van der Waals surface area contributed by atoms with Crippen molar-refractivity contribution in [3.05, 3.63) is 189 Å². The summed E-state index contributed by atoms with van der Waals surface area (Å²) in [6.07, 6.45) is 2.10. The van der Waals surface area contributed by atoms with Crippen LogP contribution in [0.15, 0.2) is 133 Å². The number of carboxylic acid groups (broad SMARTS) is 1. The van der Waals surface area contributed by atoms with E-state index in [1.54, 1.807) is 33.6 Å². The molecule has 15 heteroatoms. The third kappa shape index (κ3) is 11.0. The number of aryl methyl sites for hydroxylation is 2. The molecule has 2 atom stereocenters. The highest BCUT2D eigenvalue weighted by Gasteiger charge is 2.26. The number of rotatable bonds is 10. The maximum Gasteiger partial charge on any atom is 0.306 e. The van der Waals surface area contributed by atoms with Gasteiger partial charge in [-0.3, -0.25) is 19.2 Å². The number of aliphatic carboxylic acids is 1. The number of carbonyl (C=O) groups excluding carboxylic acids is 3. The molecule has 2 aliphatic rings. The number of amides is 1. The molecule has 0 bridgehead atoms. The van der Waals surface area contributed by atoms with Crippen LogP contribution in [0.2, 0.25) is 0 Å². The molecule has 0 saturated carbocycles. The molecule has 2 unspecified atom stereocenters. The summed E-state index contributed by atoms with van der Waals surface area (Å²) in [5.74, 6) is -1.45. The van der Waals surface area contributed by atoms with E-state index in [1.165, 1.54) is 23.8 Å². The van der Waals surface area contributed by atoms with Crippen LogP contribution in [0.1, 0.15) is 89.9 Å². The van der Waals surface area contributed by atoms with Gasteiger partial charge in [0.15, 0.2) is 0 Å². The van der Waals surface area contributed by atoms with E-state index < -0.39 is 11.2 Å². The molecule has 0 saturated heterocycles. The van der Waals surface area contributed by atoms with Gasteiger partial charge in [-0.25, -0.2) is 9.36 Å². The second-order valence-electron chi connectivity index (χ2n) is 16.9. The van der Waals surface area contributed by atoms with Crippen LogP contribution in [-0.2, 0) is 54.4 Å². The zero-order valence-corrected chi connectivity index (χ0v) is 38.8. The summed E-state index contributed by atoms with van der Waals surface area (Å²) in [7, 11) is 5.13. The average Bonchev–Trinajstić information content (AvgIpc) is 3.94. The van der Waals surface area contributed by atoms with E-state index in [0.717, 1.165) is 75.8 Å². The molecule has 0 spiro atoms. The third-order valence-electron chi connectivity index (χ3n) is 12.5. The lowest BCUT2D eigenvalue weighted by Gasteiger charge is -2.30. The van der Waals surface area contributed by atoms with Gasteiger partial charge in [0.1, 0.15) is 11.0 Å². The van der Waals surface area contributed by atoms with Gasteiger partial charge in [-0.15, -0.1) is 10.2 Å². The van der Waals surface area contributed by atoms with Crippen molar-refractivity contribution in [2.45, 2.75) is 50.6 Å². The van der Waals surface area contributed by atoms with E-state index in [4.69, 9.17) is 16.3 Å². The van der Waals surface area contributed by atoms with Crippen LogP contribution in [0.4, 0.5) is 0 Å². The molecule has 14 nitrogen and oxygen atoms in total. The Hall–Kier alpha value is -7.55. The van der Waals surface area contributed by atoms with Gasteiger partial charge in [0.25, 0.3) is 11.1 Å². The van der Waals surface area contributed by atoms with Crippen LogP contribution in [0.5, 0.6) is 0 Å². The quantitative estimate of drug-likeness (QED) is 0.100. The number of ether oxygens (including phenoxy) is 1. The molecule has 0 aliphatic carbocycles. The lowest BCUT2D eigenvalue weighted by atomic mass is 9.85. The molecule has 0 radical (unpaired) electrons. The minimum Gasteiger partial charge on any atom is -0.481 e. The van der Waals surface area contributed by atoms with E-state index in [2.05, 4.69) is 62.3 Å². The molecular weight excluding hydrogens is 880 g/mol. The maximum absolute atomic E-state index is 13.0. The average molecular weight is 931 g/mol. The Morgan fingerprint density at radius 1 is 0.647 bits per heavy atom. The molecule has 346 valence electrons. The van der Waals surface area contributed by atoms with Gasteiger partial charge in [-0.1, -0.05) is 107 Å². The van der Waals surface area contributed by atoms with Crippen LogP contribution in [-0.4, -0.2) is 83.3 Å². The first-order valence-electron chi connectivity index (χ1n) is 22.4. The standard InChI is InChI=1S/C26H24N4O3.C20H22N4O2.C7H5ClO/c1-29-24-10-9-20(14-23(24)27-28-29)22(15-25(31)32)19-8-7-17-11-12-30(16-21(17)13-19)26(33)18-5-3-2-4-6-18;1-24-19-6-5-15(10-18(19)22-23-24)17(11-20(25)26-2)14-4-3-13-7-8-21-12-16(13)9-14;8-7(9)6-4-2-1-3-5-6/h2-10,13-14,22H,11-12,15-16H2,1H3,(H,31,32);3-6,9-10,17,21H,7-8,11-12H2,1-2H3;1-5H. The summed E-state index contributed by atoms with van der Waals surface area (Å²) < 4.78 is 8.39. The van der Waals surface area contributed by atoms with Gasteiger partial charge in [0, 0.05) is 56.7 Å². The Bertz CT molecular complexity index is 3100. The number of methoxy groups -OCH3 is 1. The number of benzene rings is 6. The normalized spacial score (nSPS) is 13.7. The summed E-state index contributed by atoms with van der Waals surface area (Å²) in [4.78, 5) is 49.0. The van der Waals surface area contributed by atoms with Crippen molar-refractivity contribution in [2.75, 3.05) is 20.2 Å². The highest BCUT2D eigenvalue weighted by Crippen LogP contribution is 2.34. The Morgan fingerprint density at radius 2 is 1.16 bits per heavy atom. The fourth-order valence-electron chi connectivity index (χ4n) is 8.85. The van der Waals surface area contributed by atoms with Crippen LogP contribution < -0.4 is 5.32 Å². The Balaban J connectivity index is 0.000000158. The van der Waals surface area contributed by atoms with Gasteiger partial charge in [-0.2, -0.15) is 0 Å². The number of hydrogen-bond donors (Lipinski definition) is 2. The van der Waals surface area contributed by atoms with E-state index in [-0.39, 0.29) is 30.1 Å². The summed E-state index contributed by atoms with van der Waals surface area (Å²) in [5, 5.41) is 29.1. The van der Waals surface area contributed by atoms with Gasteiger partial charge in [0.05, 0.1) is 31.0 Å². The third-order valence-corrected chi connectivity index (χ3v) is 12.7. The number of fused-ring (bicyclic) bond motifs is 4. The lowest BCUT2D eigenvalue weighted by Crippen LogP contribution is -2.36. The van der Waals surface area contributed by atoms with Crippen molar-refractivity contribution < 1.29 is 29.0 Å². The Kier molecular flexibility index (Phi) is 14.8. The zero-order chi connectivity index (χ0) is 47.7. The number of nitrogens with zero attached hydrogens (tertiary/aromatic N) is 7. The summed E-state index contributed by atoms with van der Waals surface area (Å²) in [6.45, 7) is 3.07. The lowest BCUT2D eigenvalue weighted by molar-refractivity contribution is -0.141. The Morgan fingerprint density at radius 3 is 1.71 bits per heavy atom. The van der Waals surface area contributed by atoms with E-state index in [9.17, 15) is 24.3 Å². The Labute approximate surface area is 398 Å². The topological polar surface area (TPSA) is 174 Å². The summed E-state index contributed by atoms with van der Waals surface area (Å²) >= 11 is 5.16. The first kappa shape index (κ1) is 47.0. The molecule has 8 aromatic rings. The van der Waals surface area contributed by atoms with Crippen molar-refractivity contribution in [3.8, 4) is 0 Å². The van der Waals surface area contributed by atoms with Gasteiger partial charge >= 0.3 is 11.9 Å². The first-order chi connectivity index (χ1) is 32.9. The van der Waals surface area contributed by atoms with Crippen molar-refractivity contribution in [3.63, 3.8) is 0 Å². The molecular formula is C53H51ClN8O6. The van der Waals surface area contributed by atoms with Crippen molar-refractivity contribution in [1.29, 1.82) is 0 Å². The fourth-order valence-corrected chi connectivity index (χ4v) is 8.97. The molecule has 6 aromatic carbocycles. The number of halogens is 1. The molecule has 4 heterocycles. The predicted octanol–water partition coefficient (Wildman–Crippen LogP) is 8.15. The van der Waals surface area contributed by atoms with Gasteiger partial charge in [0.2, 0.25) is 0 Å². The molecule has 2 aromatic heterocycles. The SMILES string of the molecule is COC(=O)CC(c1ccc2c(c1)CNCC2)c1ccc2c(c1)nnn2C.Cn1nnc2cc(C(CC(=O)O)c3ccc4c(c3)CN(C(=O)c3ccccc3)CC4)ccc21.O=C(Cl)c1ccccc1. The molecule has 10 rings (SSSR count). The van der Waals surface area contributed by atoms with Crippen LogP contribution in [0, 0.1) is 0 Å². The van der Waals surface area contributed by atoms with E-state index in [0.29, 0.717) is 30.6 Å². The molecule has 1 amide bonds. The van der Waals surface area contributed by atoms with Crippen LogP contribution in [0.3, 0.4) is 0 Å². The minimum atomic E-state index is -0.863. The number of esters is 1. The smallest absolute Gasteiger partial charge is 0.306 e. The fraction of sp³-hybridized carbons (Fsp3) is 0.245. The van der Waals surface area contributed by atoms with Crippen molar-refractivity contribution in [1.82, 2.24) is 40.2 Å². The van der Waals surface area contributed by atoms with Crippen LogP contribution >= 0.6 is 11.6 Å². The molecule has 2 aliphatic heterocycles. The highest BCUT2D eigenvalue weighted by molar-refractivity contribution is 6.67. The maximum atomic E-state index is 13.0. The number of aromatic nitrogens is 6. The van der Waals surface area contributed by atoms with Crippen molar-refractivity contribution in [2.24, 2.45) is 14.1 Å². The second-order valence-corrected chi connectivity index (χ2v) is 17.2. The minimum absolute atomic E-state index is 0.0156. The zero-order valence-electron chi connectivity index (χ0n) is 38.0. The number of hydrogen-bond acceptors (Lipinski definition) is 10. The van der Waals surface area contributed by atoms with Crippen LogP contribution in [0.25, 0.3) is 22.1 Å². The number of carbonyl (C=O) groups is 4. The summed E-state index contributed by atoms with van der Waals surface area (Å²) in [5.41, 5.74) is 13.6. The van der Waals surface area contributed by atoms with Gasteiger partial charge < -0.3 is 20.1 Å².